The lowest BCUT2D eigenvalue weighted by molar-refractivity contribution is 0.360. The Morgan fingerprint density at radius 1 is 1.13 bits per heavy atom. The maximum Gasteiger partial charge on any atom is 0.282 e. The Labute approximate surface area is 192 Å². The Hall–Kier alpha value is -3.22. The number of hydrogen-bond acceptors (Lipinski definition) is 4. The van der Waals surface area contributed by atoms with E-state index >= 15 is 0 Å². The summed E-state index contributed by atoms with van der Waals surface area (Å²) < 4.78 is 7.73. The van der Waals surface area contributed by atoms with Crippen LogP contribution in [0, 0.1) is 0 Å². The fraction of sp³-hybridized carbons (Fsp3) is 0.0417. The first-order valence-electron chi connectivity index (χ1n) is 9.43. The largest absolute Gasteiger partial charge is 0.488 e. The molecule has 0 unspecified atom stereocenters. The van der Waals surface area contributed by atoms with Crippen LogP contribution >= 0.6 is 27.5 Å². The molecule has 31 heavy (non-hydrogen) atoms. The maximum absolute atomic E-state index is 13.3. The molecule has 0 saturated carbocycles. The Balaban J connectivity index is 1.91. The van der Waals surface area contributed by atoms with Gasteiger partial charge in [0.15, 0.2) is 5.82 Å². The molecule has 5 nitrogen and oxygen atoms in total. The van der Waals surface area contributed by atoms with Crippen molar-refractivity contribution in [1.82, 2.24) is 9.66 Å². The monoisotopic (exact) mass is 493 g/mol. The van der Waals surface area contributed by atoms with E-state index in [0.29, 0.717) is 44.1 Å². The molecule has 1 aromatic heterocycles. The van der Waals surface area contributed by atoms with Gasteiger partial charge in [0.2, 0.25) is 0 Å². The average molecular weight is 495 g/mol. The summed E-state index contributed by atoms with van der Waals surface area (Å²) in [7, 11) is 0. The van der Waals surface area contributed by atoms with Crippen molar-refractivity contribution in [1.29, 1.82) is 0 Å². The first-order valence-corrected chi connectivity index (χ1v) is 10.6. The molecule has 0 amide bonds. The molecular formula is C24H17BrClN3O2. The molecule has 0 aliphatic heterocycles. The van der Waals surface area contributed by atoms with Crippen LogP contribution in [0.5, 0.6) is 5.75 Å². The van der Waals surface area contributed by atoms with E-state index in [-0.39, 0.29) is 5.56 Å². The van der Waals surface area contributed by atoms with Gasteiger partial charge in [0.05, 0.1) is 21.6 Å². The van der Waals surface area contributed by atoms with E-state index in [9.17, 15) is 4.79 Å². The summed E-state index contributed by atoms with van der Waals surface area (Å²) in [4.78, 5) is 18.0. The molecule has 0 bridgehead atoms. The van der Waals surface area contributed by atoms with Crippen LogP contribution < -0.4 is 10.3 Å². The summed E-state index contributed by atoms with van der Waals surface area (Å²) in [5.41, 5.74) is 1.73. The smallest absolute Gasteiger partial charge is 0.282 e. The van der Waals surface area contributed by atoms with Crippen molar-refractivity contribution in [3.63, 3.8) is 0 Å². The van der Waals surface area contributed by atoms with Gasteiger partial charge in [-0.1, -0.05) is 66.7 Å². The van der Waals surface area contributed by atoms with E-state index < -0.39 is 0 Å². The van der Waals surface area contributed by atoms with Crippen LogP contribution in [0.3, 0.4) is 0 Å². The minimum Gasteiger partial charge on any atom is -0.488 e. The van der Waals surface area contributed by atoms with Gasteiger partial charge in [-0.05, 0) is 40.2 Å². The highest BCUT2D eigenvalue weighted by molar-refractivity contribution is 9.10. The number of ether oxygens (including phenoxy) is 1. The van der Waals surface area contributed by atoms with Gasteiger partial charge in [0, 0.05) is 16.1 Å². The third kappa shape index (κ3) is 4.45. The second-order valence-electron chi connectivity index (χ2n) is 6.59. The van der Waals surface area contributed by atoms with Gasteiger partial charge >= 0.3 is 0 Å². The summed E-state index contributed by atoms with van der Waals surface area (Å²) in [5.74, 6) is 0.992. The standard InChI is InChI=1S/C24H17BrClN3O2/c1-2-12-31-22-17(13-18(26)14-20(22)25)15-27-29-23(16-8-4-3-5-9-16)28-21-11-7-6-10-19(21)24(29)30/h2-11,13-15H,1,12H2. The molecule has 4 rings (SSSR count). The highest BCUT2D eigenvalue weighted by Gasteiger charge is 2.13. The third-order valence-electron chi connectivity index (χ3n) is 4.48. The van der Waals surface area contributed by atoms with E-state index in [4.69, 9.17) is 21.3 Å². The second-order valence-corrected chi connectivity index (χ2v) is 7.88. The van der Waals surface area contributed by atoms with Gasteiger partial charge < -0.3 is 4.74 Å². The summed E-state index contributed by atoms with van der Waals surface area (Å²) >= 11 is 9.69. The molecule has 0 fully saturated rings. The van der Waals surface area contributed by atoms with Crippen molar-refractivity contribution in [3.05, 3.63) is 105 Å². The lowest BCUT2D eigenvalue weighted by Crippen LogP contribution is -2.20. The van der Waals surface area contributed by atoms with Gasteiger partial charge in [0.1, 0.15) is 12.4 Å². The number of benzene rings is 3. The Morgan fingerprint density at radius 2 is 1.87 bits per heavy atom. The summed E-state index contributed by atoms with van der Waals surface area (Å²) in [6.07, 6.45) is 3.19. The van der Waals surface area contributed by atoms with E-state index in [0.717, 1.165) is 5.56 Å². The second kappa shape index (κ2) is 9.29. The van der Waals surface area contributed by atoms with Gasteiger partial charge in [0.25, 0.3) is 5.56 Å². The first kappa shape index (κ1) is 21.0. The number of aromatic nitrogens is 2. The quantitative estimate of drug-likeness (QED) is 0.247. The summed E-state index contributed by atoms with van der Waals surface area (Å²) in [6.45, 7) is 3.99. The van der Waals surface area contributed by atoms with Gasteiger partial charge in [-0.15, -0.1) is 0 Å². The molecule has 0 aliphatic rings. The fourth-order valence-electron chi connectivity index (χ4n) is 3.10. The molecule has 0 N–H and O–H groups in total. The van der Waals surface area contributed by atoms with E-state index in [1.54, 1.807) is 36.6 Å². The normalized spacial score (nSPS) is 11.2. The van der Waals surface area contributed by atoms with Crippen LogP contribution in [-0.4, -0.2) is 22.5 Å². The SMILES string of the molecule is C=CCOc1c(Br)cc(Cl)cc1C=Nn1c(-c2ccccc2)nc2ccccc2c1=O. The van der Waals surface area contributed by atoms with Crippen LogP contribution in [0.15, 0.2) is 93.8 Å². The van der Waals surface area contributed by atoms with Gasteiger partial charge in [-0.3, -0.25) is 4.79 Å². The highest BCUT2D eigenvalue weighted by atomic mass is 79.9. The summed E-state index contributed by atoms with van der Waals surface area (Å²) in [5, 5.41) is 5.47. The molecule has 0 radical (unpaired) electrons. The molecule has 0 aliphatic carbocycles. The number of para-hydroxylation sites is 1. The molecule has 154 valence electrons. The van der Waals surface area contributed by atoms with Crippen LogP contribution in [0.25, 0.3) is 22.3 Å². The first-order chi connectivity index (χ1) is 15.1. The minimum atomic E-state index is -0.268. The van der Waals surface area contributed by atoms with E-state index in [2.05, 4.69) is 27.6 Å². The van der Waals surface area contributed by atoms with Crippen LogP contribution in [0.2, 0.25) is 5.02 Å². The highest BCUT2D eigenvalue weighted by Crippen LogP contribution is 2.32. The van der Waals surface area contributed by atoms with Gasteiger partial charge in [-0.2, -0.15) is 9.78 Å². The molecular weight excluding hydrogens is 478 g/mol. The number of halogens is 2. The minimum absolute atomic E-state index is 0.268. The molecule has 3 aromatic carbocycles. The number of nitrogens with zero attached hydrogens (tertiary/aromatic N) is 3. The Kier molecular flexibility index (Phi) is 6.30. The molecule has 1 heterocycles. The average Bonchev–Trinajstić information content (AvgIpc) is 2.78. The lowest BCUT2D eigenvalue weighted by Gasteiger charge is -2.12. The van der Waals surface area contributed by atoms with Crippen molar-refractivity contribution >= 4 is 44.6 Å². The molecule has 0 saturated heterocycles. The molecule has 4 aromatic rings. The van der Waals surface area contributed by atoms with E-state index in [1.807, 2.05) is 42.5 Å². The molecule has 0 atom stereocenters. The zero-order chi connectivity index (χ0) is 21.8. The Bertz CT molecular complexity index is 1350. The number of rotatable bonds is 6. The van der Waals surface area contributed by atoms with Crippen molar-refractivity contribution in [3.8, 4) is 17.1 Å². The van der Waals surface area contributed by atoms with E-state index in [1.165, 1.54) is 4.68 Å². The van der Waals surface area contributed by atoms with Crippen molar-refractivity contribution in [2.24, 2.45) is 5.10 Å². The predicted molar refractivity (Wildman–Crippen MR) is 129 cm³/mol. The zero-order valence-corrected chi connectivity index (χ0v) is 18.7. The van der Waals surface area contributed by atoms with Crippen molar-refractivity contribution in [2.75, 3.05) is 6.61 Å². The third-order valence-corrected chi connectivity index (χ3v) is 5.29. The molecule has 0 spiro atoms. The lowest BCUT2D eigenvalue weighted by atomic mass is 10.2. The fourth-order valence-corrected chi connectivity index (χ4v) is 4.04. The predicted octanol–water partition coefficient (Wildman–Crippen LogP) is 5.93. The topological polar surface area (TPSA) is 56.5 Å². The molecule has 7 heteroatoms. The van der Waals surface area contributed by atoms with Gasteiger partial charge in [-0.25, -0.2) is 4.98 Å². The number of fused-ring (bicyclic) bond motifs is 1. The Morgan fingerprint density at radius 3 is 2.65 bits per heavy atom. The summed E-state index contributed by atoms with van der Waals surface area (Å²) in [6, 6.07) is 20.1. The zero-order valence-electron chi connectivity index (χ0n) is 16.3. The van der Waals surface area contributed by atoms with Crippen LogP contribution in [0.4, 0.5) is 0 Å². The van der Waals surface area contributed by atoms with Crippen LogP contribution in [-0.2, 0) is 0 Å². The van der Waals surface area contributed by atoms with Crippen molar-refractivity contribution < 1.29 is 4.74 Å². The number of hydrogen-bond donors (Lipinski definition) is 0. The maximum atomic E-state index is 13.3. The van der Waals surface area contributed by atoms with Crippen molar-refractivity contribution in [2.45, 2.75) is 0 Å². The van der Waals surface area contributed by atoms with Crippen LogP contribution in [0.1, 0.15) is 5.56 Å².